The fourth-order valence-electron chi connectivity index (χ4n) is 1.91. The van der Waals surface area contributed by atoms with E-state index in [0.717, 1.165) is 0 Å². The van der Waals surface area contributed by atoms with Gasteiger partial charge in [0, 0.05) is 19.5 Å². The molecule has 0 saturated carbocycles. The number of rotatable bonds is 4. The fourth-order valence-corrected chi connectivity index (χ4v) is 1.91. The summed E-state index contributed by atoms with van der Waals surface area (Å²) in [5, 5.41) is 12.4. The predicted molar refractivity (Wildman–Crippen MR) is 76.0 cm³/mol. The SMILES string of the molecule is CNC(=O)CN(C)c1cc(C(=O)O)c2ccccc2n1. The molecule has 1 amide bonds. The number of aromatic carboxylic acids is 1. The Kier molecular flexibility index (Phi) is 3.84. The van der Waals surface area contributed by atoms with Gasteiger partial charge in [0.25, 0.3) is 0 Å². The molecule has 0 atom stereocenters. The van der Waals surface area contributed by atoms with Gasteiger partial charge in [-0.25, -0.2) is 9.78 Å². The summed E-state index contributed by atoms with van der Waals surface area (Å²) in [5.74, 6) is -0.734. The van der Waals surface area contributed by atoms with Crippen LogP contribution >= 0.6 is 0 Å². The highest BCUT2D eigenvalue weighted by Crippen LogP contribution is 2.22. The van der Waals surface area contributed by atoms with Gasteiger partial charge in [0.1, 0.15) is 5.82 Å². The zero-order chi connectivity index (χ0) is 14.7. The maximum absolute atomic E-state index is 11.4. The van der Waals surface area contributed by atoms with E-state index in [1.807, 2.05) is 0 Å². The van der Waals surface area contributed by atoms with Crippen molar-refractivity contribution in [2.24, 2.45) is 0 Å². The van der Waals surface area contributed by atoms with E-state index in [0.29, 0.717) is 16.7 Å². The molecule has 0 saturated heterocycles. The van der Waals surface area contributed by atoms with E-state index in [9.17, 15) is 14.7 Å². The van der Waals surface area contributed by atoms with Gasteiger partial charge in [0.2, 0.25) is 5.91 Å². The Morgan fingerprint density at radius 1 is 1.35 bits per heavy atom. The standard InChI is InChI=1S/C14H15N3O3/c1-15-13(18)8-17(2)12-7-10(14(19)20)9-5-3-4-6-11(9)16-12/h3-7H,8H2,1-2H3,(H,15,18)(H,19,20). The Bertz CT molecular complexity index is 670. The smallest absolute Gasteiger partial charge is 0.336 e. The number of hydrogen-bond acceptors (Lipinski definition) is 4. The molecule has 0 radical (unpaired) electrons. The number of carbonyl (C=O) groups is 2. The lowest BCUT2D eigenvalue weighted by molar-refractivity contribution is -0.119. The van der Waals surface area contributed by atoms with E-state index in [-0.39, 0.29) is 18.0 Å². The molecule has 1 aromatic heterocycles. The third-order valence-electron chi connectivity index (χ3n) is 2.98. The molecule has 0 fully saturated rings. The number of carboxylic acid groups (broad SMARTS) is 1. The maximum Gasteiger partial charge on any atom is 0.336 e. The molecule has 0 aliphatic carbocycles. The number of carboxylic acids is 1. The second kappa shape index (κ2) is 5.56. The first kappa shape index (κ1) is 13.8. The first-order chi connectivity index (χ1) is 9.52. The number of para-hydroxylation sites is 1. The molecule has 0 aliphatic heterocycles. The monoisotopic (exact) mass is 273 g/mol. The molecule has 104 valence electrons. The van der Waals surface area contributed by atoms with Gasteiger partial charge in [0.05, 0.1) is 17.6 Å². The second-order valence-corrected chi connectivity index (χ2v) is 4.38. The summed E-state index contributed by atoms with van der Waals surface area (Å²) in [6.45, 7) is 0.112. The molecular weight excluding hydrogens is 258 g/mol. The molecule has 20 heavy (non-hydrogen) atoms. The van der Waals surface area contributed by atoms with Gasteiger partial charge in [0.15, 0.2) is 0 Å². The number of nitrogens with one attached hydrogen (secondary N) is 1. The zero-order valence-corrected chi connectivity index (χ0v) is 11.3. The number of anilines is 1. The van der Waals surface area contributed by atoms with Crippen molar-refractivity contribution in [1.82, 2.24) is 10.3 Å². The van der Waals surface area contributed by atoms with Crippen molar-refractivity contribution < 1.29 is 14.7 Å². The highest BCUT2D eigenvalue weighted by molar-refractivity contribution is 6.03. The minimum Gasteiger partial charge on any atom is -0.478 e. The van der Waals surface area contributed by atoms with Gasteiger partial charge in [-0.05, 0) is 12.1 Å². The van der Waals surface area contributed by atoms with Crippen LogP contribution in [0, 0.1) is 0 Å². The lowest BCUT2D eigenvalue weighted by atomic mass is 10.1. The maximum atomic E-state index is 11.4. The number of hydrogen-bond donors (Lipinski definition) is 2. The molecule has 1 aromatic carbocycles. The second-order valence-electron chi connectivity index (χ2n) is 4.38. The van der Waals surface area contributed by atoms with Crippen molar-refractivity contribution in [3.63, 3.8) is 0 Å². The van der Waals surface area contributed by atoms with E-state index >= 15 is 0 Å². The lowest BCUT2D eigenvalue weighted by Crippen LogP contribution is -2.33. The minimum atomic E-state index is -1.02. The first-order valence-corrected chi connectivity index (χ1v) is 6.07. The van der Waals surface area contributed by atoms with Crippen LogP contribution in [0.5, 0.6) is 0 Å². The number of amides is 1. The van der Waals surface area contributed by atoms with E-state index in [4.69, 9.17) is 0 Å². The van der Waals surface area contributed by atoms with Crippen LogP contribution in [0.3, 0.4) is 0 Å². The molecule has 0 unspecified atom stereocenters. The Balaban J connectivity index is 2.49. The summed E-state index contributed by atoms with van der Waals surface area (Å²) < 4.78 is 0. The van der Waals surface area contributed by atoms with Crippen LogP contribution in [0.15, 0.2) is 30.3 Å². The van der Waals surface area contributed by atoms with Crippen molar-refractivity contribution in [2.75, 3.05) is 25.5 Å². The average Bonchev–Trinajstić information content (AvgIpc) is 2.45. The molecule has 0 aliphatic rings. The van der Waals surface area contributed by atoms with E-state index in [1.54, 1.807) is 43.3 Å². The van der Waals surface area contributed by atoms with Gasteiger partial charge >= 0.3 is 5.97 Å². The van der Waals surface area contributed by atoms with Gasteiger partial charge in [-0.1, -0.05) is 18.2 Å². The first-order valence-electron chi connectivity index (χ1n) is 6.07. The zero-order valence-electron chi connectivity index (χ0n) is 11.3. The number of aromatic nitrogens is 1. The molecule has 2 aromatic rings. The van der Waals surface area contributed by atoms with Crippen molar-refractivity contribution in [3.05, 3.63) is 35.9 Å². The third kappa shape index (κ3) is 2.69. The van der Waals surface area contributed by atoms with Crippen LogP contribution in [0.25, 0.3) is 10.9 Å². The molecule has 1 heterocycles. The summed E-state index contributed by atoms with van der Waals surface area (Å²) in [6.07, 6.45) is 0. The fraction of sp³-hybridized carbons (Fsp3) is 0.214. The topological polar surface area (TPSA) is 82.5 Å². The number of fused-ring (bicyclic) bond motifs is 1. The number of carbonyl (C=O) groups excluding carboxylic acids is 1. The van der Waals surface area contributed by atoms with Crippen molar-refractivity contribution in [2.45, 2.75) is 0 Å². The van der Waals surface area contributed by atoms with Crippen LogP contribution in [-0.2, 0) is 4.79 Å². The normalized spacial score (nSPS) is 10.3. The van der Waals surface area contributed by atoms with Gasteiger partial charge in [-0.15, -0.1) is 0 Å². The van der Waals surface area contributed by atoms with E-state index < -0.39 is 5.97 Å². The molecule has 6 nitrogen and oxygen atoms in total. The molecule has 2 N–H and O–H groups in total. The van der Waals surface area contributed by atoms with Gasteiger partial charge in [-0.3, -0.25) is 4.79 Å². The number of pyridine rings is 1. The summed E-state index contributed by atoms with van der Waals surface area (Å²) in [4.78, 5) is 28.7. The van der Waals surface area contributed by atoms with Crippen LogP contribution in [0.2, 0.25) is 0 Å². The highest BCUT2D eigenvalue weighted by Gasteiger charge is 2.14. The largest absolute Gasteiger partial charge is 0.478 e. The highest BCUT2D eigenvalue weighted by atomic mass is 16.4. The average molecular weight is 273 g/mol. The quantitative estimate of drug-likeness (QED) is 0.872. The van der Waals surface area contributed by atoms with Crippen LogP contribution in [-0.4, -0.2) is 42.6 Å². The lowest BCUT2D eigenvalue weighted by Gasteiger charge is -2.18. The van der Waals surface area contributed by atoms with Gasteiger partial charge in [-0.2, -0.15) is 0 Å². The van der Waals surface area contributed by atoms with Crippen molar-refractivity contribution in [3.8, 4) is 0 Å². The third-order valence-corrected chi connectivity index (χ3v) is 2.98. The minimum absolute atomic E-state index is 0.112. The molecule has 2 rings (SSSR count). The Labute approximate surface area is 116 Å². The Morgan fingerprint density at radius 2 is 2.05 bits per heavy atom. The molecule has 0 bridgehead atoms. The molecule has 0 spiro atoms. The molecule has 6 heteroatoms. The van der Waals surface area contributed by atoms with Crippen LogP contribution in [0.4, 0.5) is 5.82 Å². The Morgan fingerprint density at radius 3 is 2.70 bits per heavy atom. The van der Waals surface area contributed by atoms with E-state index in [2.05, 4.69) is 10.3 Å². The number of likely N-dealkylation sites (N-methyl/N-ethyl adjacent to an activating group) is 2. The van der Waals surface area contributed by atoms with Crippen LogP contribution in [0.1, 0.15) is 10.4 Å². The summed E-state index contributed by atoms with van der Waals surface area (Å²) in [7, 11) is 3.24. The molecular formula is C14H15N3O3. The number of nitrogens with zero attached hydrogens (tertiary/aromatic N) is 2. The van der Waals surface area contributed by atoms with Crippen molar-refractivity contribution >= 4 is 28.6 Å². The van der Waals surface area contributed by atoms with Gasteiger partial charge < -0.3 is 15.3 Å². The summed E-state index contributed by atoms with van der Waals surface area (Å²) in [6, 6.07) is 8.51. The Hall–Kier alpha value is -2.63. The predicted octanol–water partition coefficient (Wildman–Crippen LogP) is 1.12. The van der Waals surface area contributed by atoms with Crippen LogP contribution < -0.4 is 10.2 Å². The van der Waals surface area contributed by atoms with Crippen molar-refractivity contribution in [1.29, 1.82) is 0 Å². The summed E-state index contributed by atoms with van der Waals surface area (Å²) >= 11 is 0. The summed E-state index contributed by atoms with van der Waals surface area (Å²) in [5.41, 5.74) is 0.764. The number of benzene rings is 1. The van der Waals surface area contributed by atoms with E-state index in [1.165, 1.54) is 6.07 Å².